The van der Waals surface area contributed by atoms with Crippen molar-refractivity contribution in [2.75, 3.05) is 19.8 Å². The molecule has 0 aliphatic carbocycles. The number of amides is 1. The first-order valence-electron chi connectivity index (χ1n) is 6.79. The number of nitrogens with zero attached hydrogens (tertiary/aromatic N) is 1. The van der Waals surface area contributed by atoms with Crippen molar-refractivity contribution in [1.29, 1.82) is 0 Å². The highest BCUT2D eigenvalue weighted by Crippen LogP contribution is 2.11. The van der Waals surface area contributed by atoms with Crippen molar-refractivity contribution in [2.24, 2.45) is 7.05 Å². The predicted molar refractivity (Wildman–Crippen MR) is 75.9 cm³/mol. The van der Waals surface area contributed by atoms with E-state index < -0.39 is 0 Å². The molecule has 5 heteroatoms. The number of carbonyl (C=O) groups excluding carboxylic acids is 2. The maximum Gasteiger partial charge on any atom is 0.267 e. The van der Waals surface area contributed by atoms with Crippen molar-refractivity contribution in [3.8, 4) is 0 Å². The molecule has 0 unspecified atom stereocenters. The van der Waals surface area contributed by atoms with Crippen LogP contribution in [-0.2, 0) is 11.8 Å². The van der Waals surface area contributed by atoms with Gasteiger partial charge in [-0.2, -0.15) is 0 Å². The molecule has 0 bridgehead atoms. The van der Waals surface area contributed by atoms with E-state index in [1.54, 1.807) is 23.9 Å². The number of rotatable bonds is 5. The van der Waals surface area contributed by atoms with E-state index in [1.807, 2.05) is 0 Å². The quantitative estimate of drug-likeness (QED) is 0.657. The van der Waals surface area contributed by atoms with Gasteiger partial charge in [-0.3, -0.25) is 9.59 Å². The van der Waals surface area contributed by atoms with Crippen LogP contribution in [0.1, 0.15) is 40.6 Å². The van der Waals surface area contributed by atoms with Crippen LogP contribution < -0.4 is 5.32 Å². The molecule has 1 aliphatic rings. The number of nitrogens with one attached hydrogen (secondary N) is 1. The maximum atomic E-state index is 12.1. The third-order valence-corrected chi connectivity index (χ3v) is 3.43. The van der Waals surface area contributed by atoms with E-state index in [0.717, 1.165) is 19.4 Å². The minimum Gasteiger partial charge on any atom is -0.377 e. The summed E-state index contributed by atoms with van der Waals surface area (Å²) in [5.41, 5.74) is 2.40. The second kappa shape index (κ2) is 6.52. The van der Waals surface area contributed by atoms with Gasteiger partial charge in [0.2, 0.25) is 0 Å². The largest absolute Gasteiger partial charge is 0.377 e. The molecular weight excluding hydrogens is 256 g/mol. The van der Waals surface area contributed by atoms with Gasteiger partial charge in [-0.25, -0.2) is 0 Å². The molecule has 0 aromatic carbocycles. The maximum absolute atomic E-state index is 12.1. The number of ketones is 1. The van der Waals surface area contributed by atoms with Gasteiger partial charge in [-0.1, -0.05) is 11.6 Å². The first-order chi connectivity index (χ1) is 9.58. The highest BCUT2D eigenvalue weighted by molar-refractivity contribution is 5.99. The van der Waals surface area contributed by atoms with Gasteiger partial charge in [0.25, 0.3) is 5.91 Å². The summed E-state index contributed by atoms with van der Waals surface area (Å²) in [6.45, 7) is 3.53. The first-order valence-corrected chi connectivity index (χ1v) is 6.79. The Labute approximate surface area is 118 Å². The summed E-state index contributed by atoms with van der Waals surface area (Å²) in [6, 6.07) is 1.63. The van der Waals surface area contributed by atoms with Crippen molar-refractivity contribution in [3.63, 3.8) is 0 Å². The summed E-state index contributed by atoms with van der Waals surface area (Å²) in [7, 11) is 1.77. The number of hydrogen-bond acceptors (Lipinski definition) is 3. The summed E-state index contributed by atoms with van der Waals surface area (Å²) < 4.78 is 6.92. The Morgan fingerprint density at radius 3 is 2.85 bits per heavy atom. The first kappa shape index (κ1) is 14.5. The van der Waals surface area contributed by atoms with Gasteiger partial charge in [0.05, 0.1) is 13.2 Å². The minimum atomic E-state index is -0.146. The topological polar surface area (TPSA) is 60.3 Å². The Morgan fingerprint density at radius 1 is 1.45 bits per heavy atom. The molecule has 1 aliphatic heterocycles. The molecule has 1 amide bonds. The number of ether oxygens (including phenoxy) is 1. The van der Waals surface area contributed by atoms with Gasteiger partial charge >= 0.3 is 0 Å². The fourth-order valence-electron chi connectivity index (χ4n) is 2.20. The zero-order valence-electron chi connectivity index (χ0n) is 11.9. The van der Waals surface area contributed by atoms with Crippen molar-refractivity contribution >= 4 is 11.7 Å². The van der Waals surface area contributed by atoms with E-state index in [4.69, 9.17) is 4.74 Å². The van der Waals surface area contributed by atoms with Crippen LogP contribution in [-0.4, -0.2) is 36.0 Å². The number of aromatic nitrogens is 1. The molecule has 20 heavy (non-hydrogen) atoms. The van der Waals surface area contributed by atoms with Crippen LogP contribution in [0.5, 0.6) is 0 Å². The van der Waals surface area contributed by atoms with E-state index in [0.29, 0.717) is 24.4 Å². The minimum absolute atomic E-state index is 0.0352. The molecule has 0 saturated carbocycles. The van der Waals surface area contributed by atoms with Crippen molar-refractivity contribution in [2.45, 2.75) is 19.8 Å². The summed E-state index contributed by atoms with van der Waals surface area (Å²) in [4.78, 5) is 23.3. The molecule has 5 nitrogen and oxygen atoms in total. The van der Waals surface area contributed by atoms with Crippen LogP contribution >= 0.6 is 0 Å². The third-order valence-electron chi connectivity index (χ3n) is 3.43. The van der Waals surface area contributed by atoms with Crippen LogP contribution in [0.2, 0.25) is 0 Å². The molecule has 2 rings (SSSR count). The van der Waals surface area contributed by atoms with Crippen LogP contribution in [0, 0.1) is 0 Å². The summed E-state index contributed by atoms with van der Waals surface area (Å²) in [5, 5.41) is 2.89. The fraction of sp³-hybridized carbons (Fsp3) is 0.467. The molecular formula is C15H20N2O3. The lowest BCUT2D eigenvalue weighted by Gasteiger charge is -2.13. The normalized spacial score (nSPS) is 14.8. The van der Waals surface area contributed by atoms with Gasteiger partial charge in [0, 0.05) is 25.4 Å². The Hall–Kier alpha value is -1.88. The molecule has 1 aromatic heterocycles. The van der Waals surface area contributed by atoms with E-state index in [1.165, 1.54) is 12.5 Å². The summed E-state index contributed by atoms with van der Waals surface area (Å²) in [5.74, 6) is -0.181. The number of aryl methyl sites for hydroxylation is 1. The fourth-order valence-corrected chi connectivity index (χ4v) is 2.20. The van der Waals surface area contributed by atoms with Gasteiger partial charge in [-0.05, 0) is 25.8 Å². The molecule has 108 valence electrons. The van der Waals surface area contributed by atoms with Crippen molar-refractivity contribution < 1.29 is 14.3 Å². The monoisotopic (exact) mass is 276 g/mol. The zero-order valence-corrected chi connectivity index (χ0v) is 11.9. The van der Waals surface area contributed by atoms with Gasteiger partial charge < -0.3 is 14.6 Å². The Balaban J connectivity index is 1.88. The zero-order chi connectivity index (χ0) is 14.5. The molecule has 2 heterocycles. The highest BCUT2D eigenvalue weighted by Gasteiger charge is 2.13. The molecule has 0 saturated heterocycles. The molecule has 0 fully saturated rings. The van der Waals surface area contributed by atoms with Crippen molar-refractivity contribution in [1.82, 2.24) is 9.88 Å². The van der Waals surface area contributed by atoms with E-state index in [-0.39, 0.29) is 11.7 Å². The van der Waals surface area contributed by atoms with Crippen LogP contribution in [0.4, 0.5) is 0 Å². The standard InChI is InChI=1S/C15H20N2O3/c1-11(18)13-9-14(17(2)10-13)15(19)16-6-3-12-4-7-20-8-5-12/h4,9-10H,3,5-8H2,1-2H3,(H,16,19). The molecule has 0 radical (unpaired) electrons. The second-order valence-corrected chi connectivity index (χ2v) is 4.97. The van der Waals surface area contributed by atoms with Crippen LogP contribution in [0.3, 0.4) is 0 Å². The highest BCUT2D eigenvalue weighted by atomic mass is 16.5. The smallest absolute Gasteiger partial charge is 0.267 e. The molecule has 0 spiro atoms. The summed E-state index contributed by atoms with van der Waals surface area (Å²) in [6.07, 6.45) is 5.54. The number of Topliss-reactive ketones (excluding diaryl/α,β-unsaturated/α-hetero) is 1. The predicted octanol–water partition coefficient (Wildman–Crippen LogP) is 1.69. The number of carbonyl (C=O) groups is 2. The van der Waals surface area contributed by atoms with Crippen LogP contribution in [0.25, 0.3) is 0 Å². The molecule has 1 aromatic rings. The second-order valence-electron chi connectivity index (χ2n) is 4.97. The van der Waals surface area contributed by atoms with E-state index in [9.17, 15) is 9.59 Å². The number of hydrogen-bond donors (Lipinski definition) is 1. The Bertz CT molecular complexity index is 543. The van der Waals surface area contributed by atoms with Crippen molar-refractivity contribution in [3.05, 3.63) is 35.2 Å². The molecule has 0 atom stereocenters. The van der Waals surface area contributed by atoms with Gasteiger partial charge in [0.15, 0.2) is 5.78 Å². The molecule has 1 N–H and O–H groups in total. The lowest BCUT2D eigenvalue weighted by molar-refractivity contribution is 0.0945. The lowest BCUT2D eigenvalue weighted by Crippen LogP contribution is -2.26. The Kier molecular flexibility index (Phi) is 4.74. The SMILES string of the molecule is CC(=O)c1cc(C(=O)NCCC2=CCOCC2)n(C)c1. The Morgan fingerprint density at radius 2 is 2.25 bits per heavy atom. The average Bonchev–Trinajstić information content (AvgIpc) is 2.82. The van der Waals surface area contributed by atoms with E-state index >= 15 is 0 Å². The van der Waals surface area contributed by atoms with Gasteiger partial charge in [-0.15, -0.1) is 0 Å². The summed E-state index contributed by atoms with van der Waals surface area (Å²) >= 11 is 0. The van der Waals surface area contributed by atoms with Crippen LogP contribution in [0.15, 0.2) is 23.9 Å². The third kappa shape index (κ3) is 3.57. The van der Waals surface area contributed by atoms with E-state index in [2.05, 4.69) is 11.4 Å². The van der Waals surface area contributed by atoms with Gasteiger partial charge in [0.1, 0.15) is 5.69 Å². The lowest BCUT2D eigenvalue weighted by atomic mass is 10.1. The average molecular weight is 276 g/mol.